The van der Waals surface area contributed by atoms with Gasteiger partial charge in [0.05, 0.1) is 0 Å². The number of rotatable bonds is 1. The lowest BCUT2D eigenvalue weighted by Crippen LogP contribution is -2.51. The first-order valence-corrected chi connectivity index (χ1v) is 3.71. The third-order valence-corrected chi connectivity index (χ3v) is 2.31. The number of quaternary nitrogens is 1. The summed E-state index contributed by atoms with van der Waals surface area (Å²) in [5, 5.41) is 0. The molecule has 1 saturated heterocycles. The quantitative estimate of drug-likeness (QED) is 0.403. The Labute approximate surface area is 65.9 Å². The van der Waals surface area contributed by atoms with Crippen LogP contribution in [-0.2, 0) is 4.79 Å². The van der Waals surface area contributed by atoms with Gasteiger partial charge in [-0.15, -0.1) is 0 Å². The van der Waals surface area contributed by atoms with Crippen molar-refractivity contribution in [2.75, 3.05) is 33.2 Å². The molecule has 0 aliphatic carbocycles. The lowest BCUT2D eigenvalue weighted by Gasteiger charge is -2.31. The summed E-state index contributed by atoms with van der Waals surface area (Å²) in [7, 11) is 2.03. The van der Waals surface area contributed by atoms with E-state index in [2.05, 4.69) is 4.90 Å². The van der Waals surface area contributed by atoms with Crippen LogP contribution >= 0.6 is 11.8 Å². The molecule has 0 aromatic rings. The van der Waals surface area contributed by atoms with Crippen molar-refractivity contribution in [1.29, 1.82) is 0 Å². The van der Waals surface area contributed by atoms with Gasteiger partial charge < -0.3 is 0 Å². The number of piperazine rings is 1. The fraction of sp³-hybridized carbons (Fsp3) is 0.833. The molecule has 1 fully saturated rings. The highest BCUT2D eigenvalue weighted by molar-refractivity contribution is 6.09. The van der Waals surface area contributed by atoms with E-state index in [4.69, 9.17) is 11.8 Å². The number of carbonyl (C=O) groups excluding carboxylic acids is 1. The minimum atomic E-state index is 0.0599. The number of likely N-dealkylation sites (N-methyl/N-ethyl adjacent to an activating group) is 1. The molecule has 0 aromatic carbocycles. The Morgan fingerprint density at radius 3 is 2.40 bits per heavy atom. The zero-order chi connectivity index (χ0) is 7.61. The fourth-order valence-corrected chi connectivity index (χ4v) is 1.15. The molecule has 0 radical (unpaired) electrons. The molecule has 58 valence electrons. The van der Waals surface area contributed by atoms with Crippen molar-refractivity contribution in [2.24, 2.45) is 0 Å². The summed E-state index contributed by atoms with van der Waals surface area (Å²) in [6, 6.07) is 0. The zero-order valence-electron chi connectivity index (χ0n) is 6.09. The Bertz CT molecular complexity index is 132. The van der Waals surface area contributed by atoms with Crippen molar-refractivity contribution in [2.45, 2.75) is 0 Å². The molecule has 1 rings (SSSR count). The second kappa shape index (κ2) is 2.86. The topological polar surface area (TPSA) is 20.3 Å². The van der Waals surface area contributed by atoms with Crippen LogP contribution in [0.5, 0.6) is 0 Å². The maximum Gasteiger partial charge on any atom is 0.319 e. The van der Waals surface area contributed by atoms with Crippen LogP contribution in [-0.4, -0.2) is 48.5 Å². The van der Waals surface area contributed by atoms with E-state index in [1.54, 1.807) is 0 Å². The third-order valence-electron chi connectivity index (χ3n) is 1.90. The Hall–Kier alpha value is -0.120. The van der Waals surface area contributed by atoms with Crippen LogP contribution in [0, 0.1) is 0 Å². The molecule has 1 aliphatic rings. The van der Waals surface area contributed by atoms with Gasteiger partial charge in [-0.1, -0.05) is 0 Å². The van der Waals surface area contributed by atoms with E-state index >= 15 is 0 Å². The van der Waals surface area contributed by atoms with Crippen LogP contribution in [0.15, 0.2) is 0 Å². The highest BCUT2D eigenvalue weighted by Crippen LogP contribution is 2.12. The Balaban J connectivity index is 2.46. The second-order valence-electron chi connectivity index (χ2n) is 2.78. The highest BCUT2D eigenvalue weighted by atomic mass is 35.5. The minimum absolute atomic E-state index is 0.0599. The lowest BCUT2D eigenvalue weighted by molar-refractivity contribution is -0.733. The van der Waals surface area contributed by atoms with Crippen LogP contribution in [0.4, 0.5) is 0 Å². The number of hydrogen-bond acceptors (Lipinski definition) is 2. The van der Waals surface area contributed by atoms with Gasteiger partial charge >= 0.3 is 6.41 Å². The first kappa shape index (κ1) is 7.98. The summed E-state index contributed by atoms with van der Waals surface area (Å²) in [5.41, 5.74) is 0. The number of amides is 1. The number of halogens is 1. The monoisotopic (exact) mass is 163 g/mol. The smallest absolute Gasteiger partial charge is 0.295 e. The molecule has 0 unspecified atom stereocenters. The first-order valence-electron chi connectivity index (χ1n) is 3.38. The molecule has 3 nitrogen and oxygen atoms in total. The van der Waals surface area contributed by atoms with Crippen LogP contribution in [0.25, 0.3) is 0 Å². The maximum absolute atomic E-state index is 10.4. The summed E-state index contributed by atoms with van der Waals surface area (Å²) in [4.78, 5) is 12.6. The van der Waals surface area contributed by atoms with Gasteiger partial charge in [-0.3, -0.25) is 4.90 Å². The van der Waals surface area contributed by atoms with Crippen molar-refractivity contribution >= 4 is 18.2 Å². The molecule has 0 spiro atoms. The van der Waals surface area contributed by atoms with Crippen LogP contribution in [0.1, 0.15) is 0 Å². The molecular formula is C6H12ClN2O+. The summed E-state index contributed by atoms with van der Waals surface area (Å²) in [5.74, 6) is 0. The number of carbonyl (C=O) groups is 1. The van der Waals surface area contributed by atoms with Gasteiger partial charge in [-0.05, 0) is 7.05 Å². The summed E-state index contributed by atoms with van der Waals surface area (Å²) in [6.45, 7) is 3.26. The Morgan fingerprint density at radius 1 is 1.50 bits per heavy atom. The third kappa shape index (κ3) is 1.68. The molecule has 0 bridgehead atoms. The highest BCUT2D eigenvalue weighted by Gasteiger charge is 2.30. The Morgan fingerprint density at radius 2 is 2.00 bits per heavy atom. The fourth-order valence-electron chi connectivity index (χ4n) is 1.00. The van der Waals surface area contributed by atoms with Crippen molar-refractivity contribution in [3.63, 3.8) is 0 Å². The standard InChI is InChI=1S/C6H12ClN2O/c1-8-2-4-9(7,6-10)5-3-8/h6H,2-5H2,1H3/q+1. The predicted octanol–water partition coefficient (Wildman–Crippen LogP) is 0.0588. The molecule has 4 heteroatoms. The van der Waals surface area contributed by atoms with Gasteiger partial charge in [-0.2, -0.15) is 4.00 Å². The lowest BCUT2D eigenvalue weighted by atomic mass is 10.3. The molecule has 1 aliphatic heterocycles. The van der Waals surface area contributed by atoms with Crippen molar-refractivity contribution in [3.8, 4) is 0 Å². The van der Waals surface area contributed by atoms with E-state index in [-0.39, 0.29) is 4.00 Å². The van der Waals surface area contributed by atoms with Gasteiger partial charge in [-0.25, -0.2) is 4.79 Å². The largest absolute Gasteiger partial charge is 0.319 e. The normalized spacial score (nSPS) is 26.2. The average Bonchev–Trinajstić information content (AvgIpc) is 1.96. The molecule has 0 aromatic heterocycles. The van der Waals surface area contributed by atoms with Gasteiger partial charge in [0, 0.05) is 13.1 Å². The average molecular weight is 164 g/mol. The molecule has 1 heterocycles. The molecule has 0 N–H and O–H groups in total. The van der Waals surface area contributed by atoms with Gasteiger partial charge in [0.1, 0.15) is 13.1 Å². The van der Waals surface area contributed by atoms with Crippen LogP contribution < -0.4 is 0 Å². The van der Waals surface area contributed by atoms with Crippen molar-refractivity contribution in [1.82, 2.24) is 4.90 Å². The Kier molecular flexibility index (Phi) is 2.28. The molecule has 0 saturated carbocycles. The molecule has 0 atom stereocenters. The maximum atomic E-state index is 10.4. The number of nitrogens with zero attached hydrogens (tertiary/aromatic N) is 2. The van der Waals surface area contributed by atoms with Crippen LogP contribution in [0.3, 0.4) is 0 Å². The summed E-state index contributed by atoms with van der Waals surface area (Å²) in [6.07, 6.45) is 0.814. The van der Waals surface area contributed by atoms with E-state index in [1.165, 1.54) is 0 Å². The van der Waals surface area contributed by atoms with E-state index in [9.17, 15) is 4.79 Å². The van der Waals surface area contributed by atoms with Crippen molar-refractivity contribution in [3.05, 3.63) is 0 Å². The molecule has 1 amide bonds. The SMILES string of the molecule is CN1CC[N+](Cl)(C=O)CC1. The molecule has 10 heavy (non-hydrogen) atoms. The van der Waals surface area contributed by atoms with Gasteiger partial charge in [0.2, 0.25) is 0 Å². The van der Waals surface area contributed by atoms with Gasteiger partial charge in [0.25, 0.3) is 0 Å². The minimum Gasteiger partial charge on any atom is -0.295 e. The predicted molar refractivity (Wildman–Crippen MR) is 39.4 cm³/mol. The molecular weight excluding hydrogens is 152 g/mol. The van der Waals surface area contributed by atoms with E-state index in [0.717, 1.165) is 32.6 Å². The van der Waals surface area contributed by atoms with Crippen molar-refractivity contribution < 1.29 is 8.80 Å². The summed E-state index contributed by atoms with van der Waals surface area (Å²) < 4.78 is 0.0599. The first-order chi connectivity index (χ1) is 4.66. The zero-order valence-corrected chi connectivity index (χ0v) is 6.84. The van der Waals surface area contributed by atoms with E-state index in [1.807, 2.05) is 7.05 Å². The number of hydrogen-bond donors (Lipinski definition) is 0. The second-order valence-corrected chi connectivity index (χ2v) is 3.45. The van der Waals surface area contributed by atoms with E-state index < -0.39 is 0 Å². The van der Waals surface area contributed by atoms with E-state index in [0.29, 0.717) is 0 Å². The van der Waals surface area contributed by atoms with Gasteiger partial charge in [0.15, 0.2) is 11.8 Å². The van der Waals surface area contributed by atoms with Crippen LogP contribution in [0.2, 0.25) is 0 Å². The summed E-state index contributed by atoms with van der Waals surface area (Å²) >= 11 is 5.87.